The predicted octanol–water partition coefficient (Wildman–Crippen LogP) is 28.4. The first-order valence-electron chi connectivity index (χ1n) is 42.1. The molecule has 3 aliphatic rings. The van der Waals surface area contributed by atoms with Crippen molar-refractivity contribution in [1.29, 1.82) is 0 Å². The van der Waals surface area contributed by atoms with Gasteiger partial charge in [0.15, 0.2) is 17.3 Å². The van der Waals surface area contributed by atoms with Crippen molar-refractivity contribution < 1.29 is 23.9 Å². The molecule has 20 rings (SSSR count). The number of ether oxygens (including phenoxy) is 2. The Kier molecular flexibility index (Phi) is 21.5. The van der Waals surface area contributed by atoms with Crippen molar-refractivity contribution in [3.8, 4) is 80.1 Å². The zero-order chi connectivity index (χ0) is 84.7. The van der Waals surface area contributed by atoms with Gasteiger partial charge in [0.1, 0.15) is 23.0 Å². The first-order valence-corrected chi connectivity index (χ1v) is 42.1. The second-order valence-corrected chi connectivity index (χ2v) is 31.1. The van der Waals surface area contributed by atoms with Gasteiger partial charge in [-0.25, -0.2) is 0 Å². The molecule has 3 aliphatic carbocycles. The highest BCUT2D eigenvalue weighted by Gasteiger charge is 2.39. The molecule has 0 fully saturated rings. The molecule has 0 atom stereocenters. The molecule has 0 N–H and O–H groups in total. The second-order valence-electron chi connectivity index (χ2n) is 31.1. The molecule has 590 valence electrons. The predicted molar refractivity (Wildman–Crippen MR) is 515 cm³/mol. The Labute approximate surface area is 733 Å². The molecule has 0 unspecified atom stereocenters. The second kappa shape index (κ2) is 34.9. The van der Waals surface area contributed by atoms with E-state index in [2.05, 4.69) is 157 Å². The maximum atomic E-state index is 16.0. The minimum Gasteiger partial charge on any atom is -0.457 e. The van der Waals surface area contributed by atoms with Gasteiger partial charge in [-0.05, 0) is 197 Å². The molecule has 0 saturated heterocycles. The minimum atomic E-state index is -0.101. The van der Waals surface area contributed by atoms with Crippen LogP contribution in [-0.4, -0.2) is 17.3 Å². The summed E-state index contributed by atoms with van der Waals surface area (Å²) < 4.78 is 13.6. The van der Waals surface area contributed by atoms with Crippen molar-refractivity contribution in [1.82, 2.24) is 0 Å². The van der Waals surface area contributed by atoms with Gasteiger partial charge in [0.05, 0.1) is 0 Å². The third-order valence-corrected chi connectivity index (χ3v) is 23.3. The Morgan fingerprint density at radius 1 is 0.119 bits per heavy atom. The lowest BCUT2D eigenvalue weighted by atomic mass is 9.88. The topological polar surface area (TPSA) is 69.7 Å². The summed E-state index contributed by atoms with van der Waals surface area (Å²) in [4.78, 5) is 47.3. The Morgan fingerprint density at radius 2 is 0.246 bits per heavy atom. The first-order chi connectivity index (χ1) is 62.2. The van der Waals surface area contributed by atoms with E-state index in [0.29, 0.717) is 56.4 Å². The summed E-state index contributed by atoms with van der Waals surface area (Å²) in [5.41, 5.74) is 28.3. The summed E-state index contributed by atoms with van der Waals surface area (Å²) in [6, 6.07) is 154. The van der Waals surface area contributed by atoms with E-state index in [1.54, 1.807) is 0 Å². The van der Waals surface area contributed by atoms with E-state index in [-0.39, 0.29) is 17.3 Å². The highest BCUT2D eigenvalue weighted by Crippen LogP contribution is 2.55. The number of benzene rings is 17. The largest absolute Gasteiger partial charge is 0.457 e. The quantitative estimate of drug-likeness (QED) is 0.0755. The van der Waals surface area contributed by atoms with E-state index in [0.717, 1.165) is 156 Å². The summed E-state index contributed by atoms with van der Waals surface area (Å²) in [5, 5.41) is 0. The number of carbonyl (C=O) groups excluding carboxylic acids is 3. The fourth-order valence-corrected chi connectivity index (χ4v) is 17.2. The first kappa shape index (κ1) is 77.5. The molecule has 5 nitrogen and oxygen atoms in total. The van der Waals surface area contributed by atoms with E-state index in [9.17, 15) is 0 Å². The third-order valence-electron chi connectivity index (χ3n) is 23.3. The lowest BCUT2D eigenvalue weighted by Crippen LogP contribution is -2.02. The number of ketones is 3. The standard InChI is InChI=1S/C121H76O5/c122-119-114(92-37-21-7-22-38-92)109(107(94-49-45-83(46-50-94)43-41-81-25-9-1-10-26-81)116(119)100-51-47-84(48-52-100)44-42-82-27-11-2-12-28-82)96-65-73-103(74-66-96)125-106-79-71-99(72-80-106)112-110(115(93-39-23-8-24-40-93)121(124)118(112)102-63-57-90(58-64-102)87-33-17-5-18-34-87)97-67-75-104(76-68-97)126-105-77-69-98(70-78-105)111-108(95-59-53-88(54-60-95)85-29-13-3-14-30-85)113(91-35-19-6-20-36-91)120(123)117(111)101-61-55-89(56-62-101)86-31-15-4-16-32-86/h1-40,45-80H. The minimum absolute atomic E-state index is 0.0502. The van der Waals surface area contributed by atoms with Gasteiger partial charge >= 0.3 is 0 Å². The van der Waals surface area contributed by atoms with Crippen molar-refractivity contribution in [2.75, 3.05) is 0 Å². The van der Waals surface area contributed by atoms with Crippen molar-refractivity contribution in [2.45, 2.75) is 0 Å². The van der Waals surface area contributed by atoms with Crippen molar-refractivity contribution in [2.24, 2.45) is 0 Å². The van der Waals surface area contributed by atoms with Gasteiger partial charge in [0.2, 0.25) is 0 Å². The van der Waals surface area contributed by atoms with E-state index < -0.39 is 0 Å². The van der Waals surface area contributed by atoms with E-state index in [4.69, 9.17) is 9.47 Å². The Morgan fingerprint density at radius 3 is 0.444 bits per heavy atom. The molecule has 17 aromatic rings. The third kappa shape index (κ3) is 15.9. The van der Waals surface area contributed by atoms with Gasteiger partial charge in [0, 0.05) is 89.1 Å². The van der Waals surface area contributed by atoms with Crippen LogP contribution in [0, 0.1) is 23.7 Å². The summed E-state index contributed by atoms with van der Waals surface area (Å²) in [7, 11) is 0. The van der Waals surface area contributed by atoms with E-state index in [1.807, 2.05) is 328 Å². The molecule has 0 amide bonds. The zero-order valence-corrected chi connectivity index (χ0v) is 68.4. The number of allylic oxidation sites excluding steroid dienone is 12. The molecule has 17 aromatic carbocycles. The molecular weight excluding hydrogens is 1530 g/mol. The van der Waals surface area contributed by atoms with Gasteiger partial charge in [-0.3, -0.25) is 14.4 Å². The van der Waals surface area contributed by atoms with Crippen LogP contribution >= 0.6 is 0 Å². The number of hydrogen-bond acceptors (Lipinski definition) is 5. The Balaban J connectivity index is 0.637. The van der Waals surface area contributed by atoms with Crippen LogP contribution in [0.25, 0.3) is 100 Å². The summed E-state index contributed by atoms with van der Waals surface area (Å²) in [6.07, 6.45) is 0. The molecule has 0 spiro atoms. The van der Waals surface area contributed by atoms with Crippen molar-refractivity contribution in [3.63, 3.8) is 0 Å². The summed E-state index contributed by atoms with van der Waals surface area (Å²) in [6.45, 7) is 0. The molecular formula is C121H76O5. The maximum Gasteiger partial charge on any atom is 0.195 e. The average Bonchev–Trinajstić information content (AvgIpc) is 1.57. The number of carbonyl (C=O) groups is 3. The van der Waals surface area contributed by atoms with Crippen molar-refractivity contribution >= 4 is 84.2 Å². The highest BCUT2D eigenvalue weighted by atomic mass is 16.5. The number of Topliss-reactive ketones (excluding diaryl/α,β-unsaturated/α-hetero) is 3. The fraction of sp³-hybridized carbons (Fsp3) is 0. The van der Waals surface area contributed by atoms with E-state index >= 15 is 14.4 Å². The molecule has 0 aliphatic heterocycles. The van der Waals surface area contributed by atoms with Crippen LogP contribution < -0.4 is 9.47 Å². The average molecular weight is 1610 g/mol. The molecule has 0 bridgehead atoms. The van der Waals surface area contributed by atoms with Gasteiger partial charge in [-0.2, -0.15) is 0 Å². The summed E-state index contributed by atoms with van der Waals surface area (Å²) in [5.74, 6) is 15.4. The van der Waals surface area contributed by atoms with Crippen LogP contribution in [0.15, 0.2) is 461 Å². The SMILES string of the molecule is O=C1C(c2ccc(C#Cc3ccccc3)cc2)=C(c2ccc(C#Cc3ccccc3)cc2)C(c2ccc(Oc3ccc(C4=C(c5ccc(-c6ccccc6)cc5)C(=O)C(c5ccccc5)=C4c4ccc(Oc5ccc(C6=C(c7ccc(-c8ccccc8)cc7)C(=O)C(c7ccccc7)=C6c6ccc(-c7ccccc7)cc6)cc5)cc4)cc3)cc2)=C1c1ccccc1. The van der Waals surface area contributed by atoms with Gasteiger partial charge in [-0.1, -0.05) is 388 Å². The van der Waals surface area contributed by atoms with Crippen LogP contribution in [-0.2, 0) is 14.4 Å². The van der Waals surface area contributed by atoms with Crippen LogP contribution in [0.3, 0.4) is 0 Å². The normalized spacial score (nSPS) is 13.1. The van der Waals surface area contributed by atoms with Crippen LogP contribution in [0.2, 0.25) is 0 Å². The Hall–Kier alpha value is -17.1. The monoisotopic (exact) mass is 1610 g/mol. The van der Waals surface area contributed by atoms with E-state index in [1.165, 1.54) is 0 Å². The number of hydrogen-bond donors (Lipinski definition) is 0. The molecule has 126 heavy (non-hydrogen) atoms. The zero-order valence-electron chi connectivity index (χ0n) is 68.4. The lowest BCUT2D eigenvalue weighted by Gasteiger charge is -2.16. The molecule has 0 heterocycles. The fourth-order valence-electron chi connectivity index (χ4n) is 17.2. The lowest BCUT2D eigenvalue weighted by molar-refractivity contribution is -0.109. The van der Waals surface area contributed by atoms with Gasteiger partial charge in [0.25, 0.3) is 0 Å². The van der Waals surface area contributed by atoms with Gasteiger partial charge < -0.3 is 9.47 Å². The molecule has 5 heteroatoms. The van der Waals surface area contributed by atoms with Gasteiger partial charge in [-0.15, -0.1) is 0 Å². The molecule has 0 saturated carbocycles. The number of rotatable bonds is 19. The van der Waals surface area contributed by atoms with Crippen molar-refractivity contribution in [3.05, 3.63) is 550 Å². The van der Waals surface area contributed by atoms with Crippen LogP contribution in [0.4, 0.5) is 0 Å². The molecule has 0 aromatic heterocycles. The maximum absolute atomic E-state index is 16.0. The van der Waals surface area contributed by atoms with Crippen LogP contribution in [0.5, 0.6) is 23.0 Å². The molecule has 0 radical (unpaired) electrons. The highest BCUT2D eigenvalue weighted by molar-refractivity contribution is 6.61. The smallest absolute Gasteiger partial charge is 0.195 e. The summed E-state index contributed by atoms with van der Waals surface area (Å²) >= 11 is 0. The Bertz CT molecular complexity index is 7340. The van der Waals surface area contributed by atoms with Crippen LogP contribution in [0.1, 0.15) is 89.0 Å².